The molecule has 0 spiro atoms. The number of nitrogens with one attached hydrogen (secondary N) is 2. The quantitative estimate of drug-likeness (QED) is 0.774. The second kappa shape index (κ2) is 7.38. The highest BCUT2D eigenvalue weighted by molar-refractivity contribution is 7.88. The summed E-state index contributed by atoms with van der Waals surface area (Å²) in [5.41, 5.74) is 2.07. The van der Waals surface area contributed by atoms with Gasteiger partial charge >= 0.3 is 0 Å². The molecule has 0 unspecified atom stereocenters. The lowest BCUT2D eigenvalue weighted by Gasteiger charge is -2.25. The minimum atomic E-state index is -3.18. The van der Waals surface area contributed by atoms with E-state index in [2.05, 4.69) is 48.2 Å². The van der Waals surface area contributed by atoms with Crippen molar-refractivity contribution in [2.75, 3.05) is 12.8 Å². The maximum absolute atomic E-state index is 11.3. The fourth-order valence-corrected chi connectivity index (χ4v) is 3.40. The van der Waals surface area contributed by atoms with E-state index < -0.39 is 15.6 Å². The Balaban J connectivity index is 2.45. The Bertz CT molecular complexity index is 534. The first kappa shape index (κ1) is 18.1. The molecule has 0 aliphatic carbocycles. The van der Waals surface area contributed by atoms with Crippen molar-refractivity contribution in [1.82, 2.24) is 10.0 Å². The molecular formula is C16H28N2O2S. The zero-order chi connectivity index (χ0) is 16.1. The highest BCUT2D eigenvalue weighted by Gasteiger charge is 2.21. The van der Waals surface area contributed by atoms with Crippen molar-refractivity contribution >= 4 is 10.0 Å². The number of hydrogen-bond donors (Lipinski definition) is 2. The number of sulfonamides is 1. The van der Waals surface area contributed by atoms with Gasteiger partial charge in [0.05, 0.1) is 6.26 Å². The molecule has 0 atom stereocenters. The second-order valence-electron chi connectivity index (χ2n) is 6.78. The molecule has 5 heteroatoms. The SMILES string of the molecule is CC(C)Cc1ccc(CNCC(C)(C)NS(C)(=O)=O)cc1. The monoisotopic (exact) mass is 312 g/mol. The average Bonchev–Trinajstić information content (AvgIpc) is 2.27. The van der Waals surface area contributed by atoms with Gasteiger partial charge in [0.2, 0.25) is 10.0 Å². The summed E-state index contributed by atoms with van der Waals surface area (Å²) >= 11 is 0. The van der Waals surface area contributed by atoms with Crippen LogP contribution in [0.25, 0.3) is 0 Å². The van der Waals surface area contributed by atoms with Crippen LogP contribution in [0.3, 0.4) is 0 Å². The van der Waals surface area contributed by atoms with Crippen molar-refractivity contribution in [3.8, 4) is 0 Å². The molecule has 1 aromatic carbocycles. The van der Waals surface area contributed by atoms with Gasteiger partial charge in [-0.05, 0) is 37.3 Å². The van der Waals surface area contributed by atoms with Crippen molar-refractivity contribution in [2.45, 2.75) is 46.2 Å². The largest absolute Gasteiger partial charge is 0.311 e. The fraction of sp³-hybridized carbons (Fsp3) is 0.625. The van der Waals surface area contributed by atoms with E-state index in [4.69, 9.17) is 0 Å². The van der Waals surface area contributed by atoms with Crippen LogP contribution in [0.1, 0.15) is 38.8 Å². The van der Waals surface area contributed by atoms with Crippen molar-refractivity contribution in [3.63, 3.8) is 0 Å². The van der Waals surface area contributed by atoms with Crippen LogP contribution >= 0.6 is 0 Å². The summed E-state index contributed by atoms with van der Waals surface area (Å²) in [7, 11) is -3.18. The minimum Gasteiger partial charge on any atom is -0.311 e. The molecule has 4 nitrogen and oxygen atoms in total. The third kappa shape index (κ3) is 8.19. The lowest BCUT2D eigenvalue weighted by Crippen LogP contribution is -2.49. The van der Waals surface area contributed by atoms with Crippen LogP contribution in [0.4, 0.5) is 0 Å². The molecule has 0 bridgehead atoms. The van der Waals surface area contributed by atoms with E-state index in [1.54, 1.807) is 0 Å². The Labute approximate surface area is 129 Å². The zero-order valence-electron chi connectivity index (χ0n) is 13.7. The standard InChI is InChI=1S/C16H28N2O2S/c1-13(2)10-14-6-8-15(9-7-14)11-17-12-16(3,4)18-21(5,19)20/h6-9,13,17-18H,10-12H2,1-5H3. The van der Waals surface area contributed by atoms with E-state index in [0.29, 0.717) is 12.5 Å². The van der Waals surface area contributed by atoms with Gasteiger partial charge in [0.1, 0.15) is 0 Å². The topological polar surface area (TPSA) is 58.2 Å². The molecule has 0 aromatic heterocycles. The van der Waals surface area contributed by atoms with Gasteiger partial charge < -0.3 is 5.32 Å². The lowest BCUT2D eigenvalue weighted by atomic mass is 10.0. The third-order valence-corrected chi connectivity index (χ3v) is 3.95. The number of rotatable bonds is 8. The van der Waals surface area contributed by atoms with Crippen LogP contribution in [-0.4, -0.2) is 26.8 Å². The molecule has 2 N–H and O–H groups in total. The van der Waals surface area contributed by atoms with Gasteiger partial charge in [0.15, 0.2) is 0 Å². The Morgan fingerprint density at radius 3 is 2.10 bits per heavy atom. The van der Waals surface area contributed by atoms with Crippen LogP contribution in [0, 0.1) is 5.92 Å². The minimum absolute atomic E-state index is 0.495. The van der Waals surface area contributed by atoms with Crippen molar-refractivity contribution in [3.05, 3.63) is 35.4 Å². The summed E-state index contributed by atoms with van der Waals surface area (Å²) in [4.78, 5) is 0. The predicted octanol–water partition coefficient (Wildman–Crippen LogP) is 2.30. The second-order valence-corrected chi connectivity index (χ2v) is 8.52. The summed E-state index contributed by atoms with van der Waals surface area (Å²) in [6.07, 6.45) is 2.28. The molecule has 0 saturated heterocycles. The van der Waals surface area contributed by atoms with E-state index in [0.717, 1.165) is 13.0 Å². The van der Waals surface area contributed by atoms with E-state index in [1.165, 1.54) is 17.4 Å². The van der Waals surface area contributed by atoms with Gasteiger partial charge in [0.25, 0.3) is 0 Å². The van der Waals surface area contributed by atoms with Crippen molar-refractivity contribution < 1.29 is 8.42 Å². The van der Waals surface area contributed by atoms with Crippen molar-refractivity contribution in [1.29, 1.82) is 0 Å². The maximum atomic E-state index is 11.3. The Morgan fingerprint density at radius 1 is 1.10 bits per heavy atom. The van der Waals surface area contributed by atoms with Crippen LogP contribution in [0.5, 0.6) is 0 Å². The van der Waals surface area contributed by atoms with Gasteiger partial charge in [-0.2, -0.15) is 0 Å². The summed E-state index contributed by atoms with van der Waals surface area (Å²) in [6.45, 7) is 9.48. The summed E-state index contributed by atoms with van der Waals surface area (Å²) < 4.78 is 25.2. The van der Waals surface area contributed by atoms with E-state index in [1.807, 2.05) is 13.8 Å². The fourth-order valence-electron chi connectivity index (χ4n) is 2.32. The van der Waals surface area contributed by atoms with Crippen LogP contribution < -0.4 is 10.0 Å². The smallest absolute Gasteiger partial charge is 0.209 e. The molecule has 0 heterocycles. The molecular weight excluding hydrogens is 284 g/mol. The molecule has 0 aliphatic heterocycles. The van der Waals surface area contributed by atoms with Crippen LogP contribution in [0.15, 0.2) is 24.3 Å². The summed E-state index contributed by atoms with van der Waals surface area (Å²) in [5, 5.41) is 3.30. The molecule has 0 saturated carbocycles. The Hall–Kier alpha value is -0.910. The van der Waals surface area contributed by atoms with E-state index >= 15 is 0 Å². The van der Waals surface area contributed by atoms with Gasteiger partial charge in [-0.1, -0.05) is 38.1 Å². The molecule has 0 radical (unpaired) electrons. The highest BCUT2D eigenvalue weighted by Crippen LogP contribution is 2.10. The van der Waals surface area contributed by atoms with Gasteiger partial charge in [0, 0.05) is 18.6 Å². The average molecular weight is 312 g/mol. The molecule has 1 aromatic rings. The molecule has 120 valence electrons. The normalized spacial score (nSPS) is 12.9. The Kier molecular flexibility index (Phi) is 6.38. The van der Waals surface area contributed by atoms with E-state index in [-0.39, 0.29) is 0 Å². The Morgan fingerprint density at radius 2 is 1.62 bits per heavy atom. The molecule has 0 aliphatic rings. The van der Waals surface area contributed by atoms with Crippen molar-refractivity contribution in [2.24, 2.45) is 5.92 Å². The summed E-state index contributed by atoms with van der Waals surface area (Å²) in [5.74, 6) is 0.664. The van der Waals surface area contributed by atoms with Gasteiger partial charge in [-0.3, -0.25) is 0 Å². The molecule has 0 amide bonds. The predicted molar refractivity (Wildman–Crippen MR) is 88.7 cm³/mol. The van der Waals surface area contributed by atoms with Crippen LogP contribution in [-0.2, 0) is 23.0 Å². The molecule has 1 rings (SSSR count). The first-order valence-electron chi connectivity index (χ1n) is 7.35. The lowest BCUT2D eigenvalue weighted by molar-refractivity contribution is 0.421. The first-order valence-corrected chi connectivity index (χ1v) is 9.24. The highest BCUT2D eigenvalue weighted by atomic mass is 32.2. The maximum Gasteiger partial charge on any atom is 0.209 e. The van der Waals surface area contributed by atoms with E-state index in [9.17, 15) is 8.42 Å². The molecule has 0 fully saturated rings. The third-order valence-electron chi connectivity index (χ3n) is 3.02. The zero-order valence-corrected chi connectivity index (χ0v) is 14.5. The number of benzene rings is 1. The first-order chi connectivity index (χ1) is 9.57. The van der Waals surface area contributed by atoms with Gasteiger partial charge in [-0.25, -0.2) is 13.1 Å². The van der Waals surface area contributed by atoms with Gasteiger partial charge in [-0.15, -0.1) is 0 Å². The number of hydrogen-bond acceptors (Lipinski definition) is 3. The summed E-state index contributed by atoms with van der Waals surface area (Å²) in [6, 6.07) is 8.58. The van der Waals surface area contributed by atoms with Crippen LogP contribution in [0.2, 0.25) is 0 Å². The molecule has 21 heavy (non-hydrogen) atoms.